The van der Waals surface area contributed by atoms with Crippen LogP contribution in [0.5, 0.6) is 0 Å². The molecule has 1 saturated heterocycles. The van der Waals surface area contributed by atoms with Gasteiger partial charge in [0.25, 0.3) is 0 Å². The van der Waals surface area contributed by atoms with Gasteiger partial charge in [-0.3, -0.25) is 9.67 Å². The standard InChI is InChI=1S/C18H28N6OS.HI/c1-18(2,3)15-12-26-16(22-15)9-20-17(19-4)24-6-7-25-14(11-24)13-8-21-23(5)10-13;/h8,10,12,14H,6-7,9,11H2,1-5H3,(H,19,20);1H. The van der Waals surface area contributed by atoms with Crippen molar-refractivity contribution in [2.45, 2.75) is 38.8 Å². The topological polar surface area (TPSA) is 67.6 Å². The summed E-state index contributed by atoms with van der Waals surface area (Å²) in [5, 5.41) is 10.9. The van der Waals surface area contributed by atoms with Gasteiger partial charge in [0.15, 0.2) is 5.96 Å². The first kappa shape index (κ1) is 22.1. The molecule has 1 atom stereocenters. The summed E-state index contributed by atoms with van der Waals surface area (Å²) in [5.41, 5.74) is 2.32. The van der Waals surface area contributed by atoms with Gasteiger partial charge in [-0.25, -0.2) is 4.98 Å². The van der Waals surface area contributed by atoms with Crippen molar-refractivity contribution < 1.29 is 4.74 Å². The molecule has 9 heteroatoms. The van der Waals surface area contributed by atoms with E-state index in [0.29, 0.717) is 13.2 Å². The van der Waals surface area contributed by atoms with E-state index in [1.54, 1.807) is 16.0 Å². The van der Waals surface area contributed by atoms with Gasteiger partial charge < -0.3 is 15.0 Å². The molecule has 0 spiro atoms. The lowest BCUT2D eigenvalue weighted by Crippen LogP contribution is -2.47. The Morgan fingerprint density at radius 2 is 2.22 bits per heavy atom. The van der Waals surface area contributed by atoms with E-state index in [1.165, 1.54) is 0 Å². The molecule has 3 heterocycles. The number of nitrogens with one attached hydrogen (secondary N) is 1. The van der Waals surface area contributed by atoms with E-state index >= 15 is 0 Å². The van der Waals surface area contributed by atoms with Gasteiger partial charge >= 0.3 is 0 Å². The van der Waals surface area contributed by atoms with Crippen molar-refractivity contribution in [2.75, 3.05) is 26.7 Å². The maximum atomic E-state index is 5.92. The summed E-state index contributed by atoms with van der Waals surface area (Å²) >= 11 is 1.69. The second kappa shape index (κ2) is 9.33. The number of guanidine groups is 1. The van der Waals surface area contributed by atoms with E-state index in [4.69, 9.17) is 9.72 Å². The van der Waals surface area contributed by atoms with Gasteiger partial charge in [-0.2, -0.15) is 5.10 Å². The van der Waals surface area contributed by atoms with Crippen LogP contribution < -0.4 is 5.32 Å². The van der Waals surface area contributed by atoms with Gasteiger partial charge in [0, 0.05) is 43.2 Å². The number of halogens is 1. The van der Waals surface area contributed by atoms with Crippen LogP contribution in [0.2, 0.25) is 0 Å². The minimum Gasteiger partial charge on any atom is -0.370 e. The summed E-state index contributed by atoms with van der Waals surface area (Å²) in [6, 6.07) is 0. The predicted molar refractivity (Wildman–Crippen MR) is 120 cm³/mol. The molecule has 0 aromatic carbocycles. The number of aliphatic imine (C=N–C) groups is 1. The number of hydrogen-bond donors (Lipinski definition) is 1. The first-order valence-electron chi connectivity index (χ1n) is 8.87. The maximum Gasteiger partial charge on any atom is 0.194 e. The highest BCUT2D eigenvalue weighted by Gasteiger charge is 2.25. The van der Waals surface area contributed by atoms with Gasteiger partial charge in [-0.15, -0.1) is 35.3 Å². The Bertz CT molecular complexity index is 766. The second-order valence-corrected chi connectivity index (χ2v) is 8.47. The molecule has 0 aliphatic carbocycles. The third kappa shape index (κ3) is 5.64. The van der Waals surface area contributed by atoms with Gasteiger partial charge in [0.1, 0.15) is 11.1 Å². The maximum absolute atomic E-state index is 5.92. The van der Waals surface area contributed by atoms with E-state index in [9.17, 15) is 0 Å². The highest BCUT2D eigenvalue weighted by Crippen LogP contribution is 2.24. The van der Waals surface area contributed by atoms with E-state index in [0.717, 1.165) is 35.3 Å². The molecule has 0 amide bonds. The number of aromatic nitrogens is 3. The average Bonchev–Trinajstić information content (AvgIpc) is 3.24. The molecule has 0 saturated carbocycles. The molecular formula is C18H29IN6OS. The minimum absolute atomic E-state index is 0. The smallest absolute Gasteiger partial charge is 0.194 e. The van der Waals surface area contributed by atoms with Crippen molar-refractivity contribution in [1.82, 2.24) is 25.0 Å². The van der Waals surface area contributed by atoms with Crippen molar-refractivity contribution in [1.29, 1.82) is 0 Å². The molecule has 2 aromatic heterocycles. The number of morpholine rings is 1. The van der Waals surface area contributed by atoms with Crippen LogP contribution in [0.15, 0.2) is 22.8 Å². The molecule has 1 aliphatic heterocycles. The Kier molecular flexibility index (Phi) is 7.64. The second-order valence-electron chi connectivity index (χ2n) is 7.53. The number of hydrogen-bond acceptors (Lipinski definition) is 5. The molecule has 0 radical (unpaired) electrons. The Labute approximate surface area is 182 Å². The third-order valence-corrected chi connectivity index (χ3v) is 5.24. The SMILES string of the molecule is CN=C(NCc1nc(C(C)(C)C)cs1)N1CCOC(c2cnn(C)c2)C1.I. The largest absolute Gasteiger partial charge is 0.370 e. The first-order valence-corrected chi connectivity index (χ1v) is 9.75. The zero-order valence-electron chi connectivity index (χ0n) is 16.6. The van der Waals surface area contributed by atoms with E-state index in [2.05, 4.69) is 46.5 Å². The van der Waals surface area contributed by atoms with Crippen molar-refractivity contribution in [3.8, 4) is 0 Å². The highest BCUT2D eigenvalue weighted by atomic mass is 127. The van der Waals surface area contributed by atoms with Crippen LogP contribution in [0.3, 0.4) is 0 Å². The van der Waals surface area contributed by atoms with Crippen LogP contribution in [-0.2, 0) is 23.7 Å². The third-order valence-electron chi connectivity index (χ3n) is 4.39. The summed E-state index contributed by atoms with van der Waals surface area (Å²) < 4.78 is 7.72. The average molecular weight is 504 g/mol. The fraction of sp³-hybridized carbons (Fsp3) is 0.611. The fourth-order valence-electron chi connectivity index (χ4n) is 2.87. The lowest BCUT2D eigenvalue weighted by molar-refractivity contribution is -0.00805. The molecule has 7 nitrogen and oxygen atoms in total. The molecule has 1 N–H and O–H groups in total. The first-order chi connectivity index (χ1) is 12.4. The fourth-order valence-corrected chi connectivity index (χ4v) is 3.83. The van der Waals surface area contributed by atoms with Crippen LogP contribution in [0, 0.1) is 0 Å². The Hall–Kier alpha value is -1.20. The summed E-state index contributed by atoms with van der Waals surface area (Å²) in [4.78, 5) is 11.4. The van der Waals surface area contributed by atoms with Crippen LogP contribution in [0.1, 0.15) is 43.1 Å². The lowest BCUT2D eigenvalue weighted by atomic mass is 9.93. The lowest BCUT2D eigenvalue weighted by Gasteiger charge is -2.34. The zero-order chi connectivity index (χ0) is 18.7. The predicted octanol–water partition coefficient (Wildman–Crippen LogP) is 2.94. The minimum atomic E-state index is 0. The van der Waals surface area contributed by atoms with Gasteiger partial charge in [-0.05, 0) is 0 Å². The molecule has 1 fully saturated rings. The molecular weight excluding hydrogens is 475 g/mol. The van der Waals surface area contributed by atoms with E-state index in [1.807, 2.05) is 26.5 Å². The quantitative estimate of drug-likeness (QED) is 0.396. The van der Waals surface area contributed by atoms with Gasteiger partial charge in [0.2, 0.25) is 0 Å². The van der Waals surface area contributed by atoms with Crippen LogP contribution >= 0.6 is 35.3 Å². The normalized spacial score (nSPS) is 18.3. The van der Waals surface area contributed by atoms with Crippen molar-refractivity contribution in [3.05, 3.63) is 34.0 Å². The van der Waals surface area contributed by atoms with E-state index < -0.39 is 0 Å². The molecule has 27 heavy (non-hydrogen) atoms. The highest BCUT2D eigenvalue weighted by molar-refractivity contribution is 14.0. The number of nitrogens with zero attached hydrogens (tertiary/aromatic N) is 5. The Morgan fingerprint density at radius 1 is 1.44 bits per heavy atom. The number of ether oxygens (including phenoxy) is 1. The van der Waals surface area contributed by atoms with Crippen LogP contribution in [0.4, 0.5) is 0 Å². The molecule has 2 aromatic rings. The Morgan fingerprint density at radius 3 is 2.81 bits per heavy atom. The monoisotopic (exact) mass is 504 g/mol. The van der Waals surface area contributed by atoms with Crippen molar-refractivity contribution in [2.24, 2.45) is 12.0 Å². The van der Waals surface area contributed by atoms with Gasteiger partial charge in [0.05, 0.1) is 31.6 Å². The molecule has 1 aliphatic rings. The van der Waals surface area contributed by atoms with Crippen molar-refractivity contribution in [3.63, 3.8) is 0 Å². The summed E-state index contributed by atoms with van der Waals surface area (Å²) in [7, 11) is 3.74. The molecule has 1 unspecified atom stereocenters. The van der Waals surface area contributed by atoms with Gasteiger partial charge in [-0.1, -0.05) is 20.8 Å². The molecule has 150 valence electrons. The number of rotatable bonds is 3. The van der Waals surface area contributed by atoms with Crippen LogP contribution in [-0.4, -0.2) is 52.4 Å². The number of aryl methyl sites for hydroxylation is 1. The van der Waals surface area contributed by atoms with Crippen LogP contribution in [0.25, 0.3) is 0 Å². The summed E-state index contributed by atoms with van der Waals surface area (Å²) in [6.07, 6.45) is 3.89. The molecule has 3 rings (SSSR count). The van der Waals surface area contributed by atoms with Crippen molar-refractivity contribution >= 4 is 41.3 Å². The molecule has 0 bridgehead atoms. The summed E-state index contributed by atoms with van der Waals surface area (Å²) in [5.74, 6) is 0.884. The number of thiazole rings is 1. The Balaban J connectivity index is 0.00000261. The zero-order valence-corrected chi connectivity index (χ0v) is 19.7. The van der Waals surface area contributed by atoms with E-state index in [-0.39, 0.29) is 35.5 Å². The summed E-state index contributed by atoms with van der Waals surface area (Å²) in [6.45, 7) is 9.49.